The number of methoxy groups -OCH3 is 1. The lowest BCUT2D eigenvalue weighted by atomic mass is 9.91. The molecular formula is C39H47N5O4. The molecule has 2 amide bonds. The van der Waals surface area contributed by atoms with E-state index in [0.717, 1.165) is 42.9 Å². The molecule has 0 radical (unpaired) electrons. The Hall–Kier alpha value is -4.91. The van der Waals surface area contributed by atoms with Crippen molar-refractivity contribution < 1.29 is 20.5 Å². The second kappa shape index (κ2) is 15.3. The van der Waals surface area contributed by atoms with Crippen LogP contribution in [0.25, 0.3) is 11.3 Å². The van der Waals surface area contributed by atoms with Gasteiger partial charge in [0.05, 0.1) is 37.0 Å². The molecule has 3 aromatic carbocycles. The van der Waals surface area contributed by atoms with Crippen LogP contribution in [-0.4, -0.2) is 72.2 Å². The number of benzene rings is 3. The van der Waals surface area contributed by atoms with Crippen LogP contribution in [0.5, 0.6) is 5.75 Å². The Kier molecular flexibility index (Phi) is 11.0. The summed E-state index contributed by atoms with van der Waals surface area (Å²) in [5, 5.41) is 13.0. The number of amides is 2. The van der Waals surface area contributed by atoms with Crippen molar-refractivity contribution in [1.82, 2.24) is 14.4 Å². The van der Waals surface area contributed by atoms with Gasteiger partial charge in [-0.1, -0.05) is 55.8 Å². The zero-order valence-electron chi connectivity index (χ0n) is 28.8. The molecule has 1 aromatic heterocycles. The first-order valence-corrected chi connectivity index (χ1v) is 16.6. The highest BCUT2D eigenvalue weighted by Gasteiger charge is 2.34. The number of nitrogens with zero attached hydrogens (tertiary/aromatic N) is 4. The Balaban J connectivity index is 0.00000177. The maximum atomic E-state index is 14.8. The molecule has 1 saturated heterocycles. The third-order valence-corrected chi connectivity index (χ3v) is 9.24. The van der Waals surface area contributed by atoms with Crippen LogP contribution in [0.2, 0.25) is 0 Å². The van der Waals surface area contributed by atoms with Crippen LogP contribution >= 0.6 is 0 Å². The normalized spacial score (nSPS) is 15.9. The summed E-state index contributed by atoms with van der Waals surface area (Å²) in [6.07, 6.45) is 0.739. The first kappa shape index (κ1) is 34.4. The lowest BCUT2D eigenvalue weighted by Crippen LogP contribution is -2.52. The van der Waals surface area contributed by atoms with Crippen LogP contribution in [0.3, 0.4) is 0 Å². The van der Waals surface area contributed by atoms with Crippen LogP contribution in [0.15, 0.2) is 66.7 Å². The number of aryl methyl sites for hydroxylation is 1. The summed E-state index contributed by atoms with van der Waals surface area (Å²) in [6, 6.07) is 23.3. The minimum absolute atomic E-state index is 0. The molecule has 1 atom stereocenters. The van der Waals surface area contributed by atoms with E-state index in [1.807, 2.05) is 86.7 Å². The highest BCUT2D eigenvalue weighted by Crippen LogP contribution is 2.36. The summed E-state index contributed by atoms with van der Waals surface area (Å²) in [5.41, 5.74) is 7.38. The van der Waals surface area contributed by atoms with Crippen LogP contribution in [0, 0.1) is 25.2 Å². The van der Waals surface area contributed by atoms with E-state index < -0.39 is 0 Å². The average molecular weight is 650 g/mol. The minimum Gasteiger partial charge on any atom is -0.495 e. The number of anilines is 1. The summed E-state index contributed by atoms with van der Waals surface area (Å²) in [5.74, 6) is -0.0336. The number of carbonyl (C=O) groups is 2. The molecule has 0 unspecified atom stereocenters. The smallest absolute Gasteiger partial charge is 0.257 e. The van der Waals surface area contributed by atoms with Gasteiger partial charge in [0.15, 0.2) is 0 Å². The second-order valence-electron chi connectivity index (χ2n) is 12.1. The van der Waals surface area contributed by atoms with Gasteiger partial charge < -0.3 is 24.3 Å². The van der Waals surface area contributed by atoms with Crippen LogP contribution < -0.4 is 10.1 Å². The van der Waals surface area contributed by atoms with E-state index in [1.54, 1.807) is 12.1 Å². The Morgan fingerprint density at radius 3 is 2.35 bits per heavy atom. The van der Waals surface area contributed by atoms with Crippen molar-refractivity contribution in [1.29, 1.82) is 5.26 Å². The molecule has 9 heteroatoms. The fourth-order valence-corrected chi connectivity index (χ4v) is 6.47. The number of rotatable bonds is 7. The van der Waals surface area contributed by atoms with Crippen molar-refractivity contribution >= 4 is 17.5 Å². The Morgan fingerprint density at radius 2 is 1.69 bits per heavy atom. The van der Waals surface area contributed by atoms with Crippen molar-refractivity contribution in [2.75, 3.05) is 45.3 Å². The Morgan fingerprint density at radius 1 is 1.00 bits per heavy atom. The van der Waals surface area contributed by atoms with E-state index in [2.05, 4.69) is 28.4 Å². The van der Waals surface area contributed by atoms with Gasteiger partial charge in [-0.3, -0.25) is 14.5 Å². The molecule has 1 fully saturated rings. The largest absolute Gasteiger partial charge is 0.495 e. The van der Waals surface area contributed by atoms with Crippen molar-refractivity contribution in [3.63, 3.8) is 0 Å². The van der Waals surface area contributed by atoms with Gasteiger partial charge >= 0.3 is 0 Å². The summed E-state index contributed by atoms with van der Waals surface area (Å²) in [7, 11) is 3.39. The van der Waals surface area contributed by atoms with Gasteiger partial charge in [0.1, 0.15) is 11.8 Å². The standard InChI is InChI=1S/C37H39N5O4.C2H6.H2/c1-24-9-11-29(12-10-24)39-36(43)31-19-34(40(3)25(31)2)32-20-35(45-4)28(21-38)18-33(32)37(44)42-22-27-8-6-5-7-26(27)17-30(42)23-41-13-15-46-16-14-41;1-2;/h5-12,18-20,30H,13-17,22-23H2,1-4H3,(H,39,43);1-2H3;1H/t30-;;/m0../s1. The first-order chi connectivity index (χ1) is 23.3. The van der Waals surface area contributed by atoms with Crippen molar-refractivity contribution in [2.45, 2.75) is 46.7 Å². The molecule has 2 aliphatic heterocycles. The Bertz CT molecular complexity index is 1820. The summed E-state index contributed by atoms with van der Waals surface area (Å²) < 4.78 is 13.1. The molecule has 9 nitrogen and oxygen atoms in total. The fourth-order valence-electron chi connectivity index (χ4n) is 6.47. The number of nitriles is 1. The third kappa shape index (κ3) is 7.15. The number of ether oxygens (including phenoxy) is 2. The molecule has 0 aliphatic carbocycles. The molecule has 0 spiro atoms. The van der Waals surface area contributed by atoms with Crippen molar-refractivity contribution in [2.24, 2.45) is 7.05 Å². The van der Waals surface area contributed by atoms with E-state index in [-0.39, 0.29) is 24.8 Å². The third-order valence-electron chi connectivity index (χ3n) is 9.24. The predicted molar refractivity (Wildman–Crippen MR) is 191 cm³/mol. The highest BCUT2D eigenvalue weighted by molar-refractivity contribution is 6.07. The molecule has 0 bridgehead atoms. The number of aromatic nitrogens is 1. The fraction of sp³-hybridized carbons (Fsp3) is 0.359. The average Bonchev–Trinajstić information content (AvgIpc) is 3.42. The summed E-state index contributed by atoms with van der Waals surface area (Å²) >= 11 is 0. The number of fused-ring (bicyclic) bond motifs is 1. The maximum Gasteiger partial charge on any atom is 0.257 e. The number of hydrogen-bond acceptors (Lipinski definition) is 6. The lowest BCUT2D eigenvalue weighted by molar-refractivity contribution is 0.0193. The van der Waals surface area contributed by atoms with Gasteiger partial charge in [-0.25, -0.2) is 0 Å². The van der Waals surface area contributed by atoms with E-state index in [4.69, 9.17) is 9.47 Å². The lowest BCUT2D eigenvalue weighted by Gasteiger charge is -2.40. The zero-order valence-corrected chi connectivity index (χ0v) is 28.8. The van der Waals surface area contributed by atoms with Crippen LogP contribution in [0.4, 0.5) is 5.69 Å². The quantitative estimate of drug-likeness (QED) is 0.242. The van der Waals surface area contributed by atoms with Gasteiger partial charge in [-0.15, -0.1) is 0 Å². The molecule has 2 aliphatic rings. The van der Waals surface area contributed by atoms with Gasteiger partial charge in [-0.05, 0) is 61.7 Å². The summed E-state index contributed by atoms with van der Waals surface area (Å²) in [4.78, 5) is 32.6. The minimum atomic E-state index is -0.241. The predicted octanol–water partition coefficient (Wildman–Crippen LogP) is 6.61. The monoisotopic (exact) mass is 649 g/mol. The molecular weight excluding hydrogens is 602 g/mol. The highest BCUT2D eigenvalue weighted by atomic mass is 16.5. The van der Waals surface area contributed by atoms with Crippen molar-refractivity contribution in [3.05, 3.63) is 106 Å². The number of nitrogens with one attached hydrogen (secondary N) is 1. The SMILES string of the molecule is CC.COc1cc(-c2cc(C(=O)Nc3ccc(C)cc3)c(C)n2C)c(C(=O)N2Cc3ccccc3C[C@H]2CN2CCOCC2)cc1C#N.[HH]. The van der Waals surface area contributed by atoms with E-state index in [9.17, 15) is 14.9 Å². The number of morpholine rings is 1. The van der Waals surface area contributed by atoms with Crippen LogP contribution in [0.1, 0.15) is 63.9 Å². The van der Waals surface area contributed by atoms with E-state index in [0.29, 0.717) is 53.6 Å². The molecule has 6 rings (SSSR count). The molecule has 3 heterocycles. The molecule has 252 valence electrons. The molecule has 1 N–H and O–H groups in total. The summed E-state index contributed by atoms with van der Waals surface area (Å²) in [6.45, 7) is 12.1. The molecule has 4 aromatic rings. The van der Waals surface area contributed by atoms with E-state index >= 15 is 0 Å². The first-order valence-electron chi connectivity index (χ1n) is 16.6. The van der Waals surface area contributed by atoms with E-state index in [1.165, 1.54) is 12.7 Å². The number of carbonyl (C=O) groups excluding carboxylic acids is 2. The number of hydrogen-bond donors (Lipinski definition) is 1. The molecule has 0 saturated carbocycles. The van der Waals surface area contributed by atoms with Gasteiger partial charge in [0.25, 0.3) is 11.8 Å². The second-order valence-corrected chi connectivity index (χ2v) is 12.1. The topological polar surface area (TPSA) is 99.8 Å². The van der Waals surface area contributed by atoms with Crippen LogP contribution in [-0.2, 0) is 24.8 Å². The molecule has 48 heavy (non-hydrogen) atoms. The van der Waals surface area contributed by atoms with Crippen molar-refractivity contribution in [3.8, 4) is 23.1 Å². The Labute approximate surface area is 285 Å². The van der Waals surface area contributed by atoms with Gasteiger partial charge in [-0.2, -0.15) is 5.26 Å². The zero-order chi connectivity index (χ0) is 34.4. The van der Waals surface area contributed by atoms with Gasteiger partial charge in [0, 0.05) is 63.3 Å². The maximum absolute atomic E-state index is 14.8. The van der Waals surface area contributed by atoms with Gasteiger partial charge in [0.2, 0.25) is 0 Å².